The first kappa shape index (κ1) is 31.8. The number of methoxy groups -OCH3 is 1. The number of nitrogens with zero attached hydrogens (tertiary/aromatic N) is 3. The van der Waals surface area contributed by atoms with Gasteiger partial charge >= 0.3 is 0 Å². The summed E-state index contributed by atoms with van der Waals surface area (Å²) in [6, 6.07) is 3.32. The fourth-order valence-corrected chi connectivity index (χ4v) is 6.21. The second-order valence-electron chi connectivity index (χ2n) is 11.1. The van der Waals surface area contributed by atoms with E-state index in [1.165, 1.54) is 32.2 Å². The summed E-state index contributed by atoms with van der Waals surface area (Å²) in [6.45, 7) is -0.128. The number of amides is 1. The summed E-state index contributed by atoms with van der Waals surface area (Å²) < 4.78 is 17.1. The Hall–Kier alpha value is -4.57. The lowest BCUT2D eigenvalue weighted by atomic mass is 9.72. The average Bonchev–Trinajstić information content (AvgIpc) is 3.01. The number of phenolic OH excluding ortho intramolecular Hbond substituents is 2. The number of hydrogen-bond donors (Lipinski definition) is 6. The van der Waals surface area contributed by atoms with E-state index in [-0.39, 0.29) is 34.4 Å². The molecule has 16 heteroatoms. The minimum Gasteiger partial charge on any atom is -0.507 e. The van der Waals surface area contributed by atoms with Crippen LogP contribution in [0.2, 0.25) is 0 Å². The first-order chi connectivity index (χ1) is 21.4. The highest BCUT2D eigenvalue weighted by molar-refractivity contribution is 6.31. The Morgan fingerprint density at radius 3 is 2.56 bits per heavy atom. The number of aromatic hydroxyl groups is 2. The lowest BCUT2D eigenvalue weighted by Crippen LogP contribution is -2.56. The van der Waals surface area contributed by atoms with Crippen molar-refractivity contribution in [2.45, 2.75) is 62.4 Å². The first-order valence-corrected chi connectivity index (χ1v) is 13.9. The van der Waals surface area contributed by atoms with E-state index in [1.54, 1.807) is 0 Å². The third kappa shape index (κ3) is 5.37. The van der Waals surface area contributed by atoms with Crippen LogP contribution < -0.4 is 10.1 Å². The van der Waals surface area contributed by atoms with Crippen molar-refractivity contribution >= 4 is 23.3 Å². The van der Waals surface area contributed by atoms with Gasteiger partial charge in [0.05, 0.1) is 42.0 Å². The van der Waals surface area contributed by atoms with E-state index in [0.717, 1.165) is 0 Å². The van der Waals surface area contributed by atoms with Crippen molar-refractivity contribution in [2.75, 3.05) is 20.3 Å². The molecule has 1 saturated heterocycles. The van der Waals surface area contributed by atoms with Gasteiger partial charge in [-0.05, 0) is 18.5 Å². The maximum Gasteiger partial charge on any atom is 0.226 e. The minimum atomic E-state index is -2.34. The van der Waals surface area contributed by atoms with E-state index < -0.39 is 108 Å². The molecule has 238 valence electrons. The molecule has 1 heterocycles. The predicted octanol–water partition coefficient (Wildman–Crippen LogP) is 0.469. The zero-order valence-electron chi connectivity index (χ0n) is 24.1. The maximum atomic E-state index is 13.8. The van der Waals surface area contributed by atoms with E-state index in [1.807, 2.05) is 0 Å². The molecular formula is C29H30N4O12. The number of ketones is 3. The van der Waals surface area contributed by atoms with Crippen LogP contribution in [0.1, 0.15) is 68.8 Å². The van der Waals surface area contributed by atoms with Crippen LogP contribution in [0.25, 0.3) is 10.4 Å². The molecule has 0 aromatic heterocycles. The molecule has 16 nitrogen and oxygen atoms in total. The lowest BCUT2D eigenvalue weighted by Gasteiger charge is -2.42. The normalized spacial score (nSPS) is 27.0. The number of rotatable bonds is 8. The summed E-state index contributed by atoms with van der Waals surface area (Å²) in [6.07, 6.45) is -6.27. The molecule has 0 unspecified atom stereocenters. The average molecular weight is 627 g/mol. The fourth-order valence-electron chi connectivity index (χ4n) is 6.21. The summed E-state index contributed by atoms with van der Waals surface area (Å²) in [5.74, 6) is -4.81. The van der Waals surface area contributed by atoms with Gasteiger partial charge in [0.25, 0.3) is 0 Å². The lowest BCUT2D eigenvalue weighted by molar-refractivity contribution is -0.249. The Balaban J connectivity index is 1.60. The van der Waals surface area contributed by atoms with Crippen molar-refractivity contribution in [1.29, 1.82) is 0 Å². The molecular weight excluding hydrogens is 596 g/mol. The second-order valence-corrected chi connectivity index (χ2v) is 11.1. The van der Waals surface area contributed by atoms with Crippen LogP contribution in [-0.4, -0.2) is 99.2 Å². The van der Waals surface area contributed by atoms with Gasteiger partial charge in [-0.2, -0.15) is 0 Å². The molecule has 0 saturated carbocycles. The number of aliphatic hydroxyl groups is 3. The monoisotopic (exact) mass is 626 g/mol. The van der Waals surface area contributed by atoms with E-state index >= 15 is 0 Å². The molecule has 6 N–H and O–H groups in total. The van der Waals surface area contributed by atoms with E-state index in [2.05, 4.69) is 15.3 Å². The van der Waals surface area contributed by atoms with Gasteiger partial charge in [0, 0.05) is 40.9 Å². The van der Waals surface area contributed by atoms with Gasteiger partial charge in [0.1, 0.15) is 42.1 Å². The Kier molecular flexibility index (Phi) is 8.55. The van der Waals surface area contributed by atoms with Crippen LogP contribution in [-0.2, 0) is 25.5 Å². The highest BCUT2D eigenvalue weighted by Crippen LogP contribution is 2.52. The van der Waals surface area contributed by atoms with Crippen molar-refractivity contribution < 1.29 is 58.9 Å². The Labute approximate surface area is 254 Å². The number of carbonyl (C=O) groups is 4. The Morgan fingerprint density at radius 1 is 1.18 bits per heavy atom. The summed E-state index contributed by atoms with van der Waals surface area (Å²) in [5, 5.41) is 60.3. The highest BCUT2D eigenvalue weighted by Gasteiger charge is 2.50. The van der Waals surface area contributed by atoms with E-state index in [9.17, 15) is 44.7 Å². The van der Waals surface area contributed by atoms with Gasteiger partial charge in [-0.3, -0.25) is 19.2 Å². The molecule has 1 aliphatic heterocycles. The Bertz CT molecular complexity index is 1650. The predicted molar refractivity (Wildman–Crippen MR) is 150 cm³/mol. The number of fused-ring (bicyclic) bond motifs is 3. The Morgan fingerprint density at radius 2 is 1.89 bits per heavy atom. The number of benzene rings is 2. The van der Waals surface area contributed by atoms with E-state index in [0.29, 0.717) is 0 Å². The van der Waals surface area contributed by atoms with Crippen LogP contribution in [0, 0.1) is 0 Å². The first-order valence-electron chi connectivity index (χ1n) is 13.9. The second kappa shape index (κ2) is 12.1. The number of phenols is 2. The van der Waals surface area contributed by atoms with Crippen molar-refractivity contribution in [2.24, 2.45) is 5.11 Å². The number of azide groups is 1. The zero-order valence-corrected chi connectivity index (χ0v) is 24.1. The topological polar surface area (TPSA) is 258 Å². The molecule has 45 heavy (non-hydrogen) atoms. The highest BCUT2D eigenvalue weighted by atomic mass is 16.7. The largest absolute Gasteiger partial charge is 0.507 e. The van der Waals surface area contributed by atoms with Crippen LogP contribution in [0.15, 0.2) is 23.3 Å². The molecule has 5 rings (SSSR count). The van der Waals surface area contributed by atoms with Gasteiger partial charge in [-0.25, -0.2) is 0 Å². The number of nitrogens with one attached hydrogen (secondary N) is 1. The van der Waals surface area contributed by atoms with Gasteiger partial charge in [-0.15, -0.1) is 0 Å². The quantitative estimate of drug-likeness (QED) is 0.0863. The van der Waals surface area contributed by atoms with Crippen molar-refractivity contribution in [3.05, 3.63) is 62.0 Å². The van der Waals surface area contributed by atoms with Gasteiger partial charge in [0.15, 0.2) is 17.9 Å². The molecule has 2 aromatic carbocycles. The van der Waals surface area contributed by atoms with Crippen molar-refractivity contribution in [3.8, 4) is 17.2 Å². The van der Waals surface area contributed by atoms with Gasteiger partial charge in [0.2, 0.25) is 11.7 Å². The molecule has 2 aliphatic carbocycles. The fraction of sp³-hybridized carbons (Fsp3) is 0.448. The van der Waals surface area contributed by atoms with Crippen molar-refractivity contribution in [3.63, 3.8) is 0 Å². The molecule has 6 atom stereocenters. The standard InChI is InChI=1S/C29H30N4O12/c1-11-24(37)14(32-18(36)9-31-33-30)6-19(44-11)45-16-8-29(42,17(35)10-34)7-13-21(16)28(41)23-22(26(13)39)25(38)12-4-3-5-15(43-2)20(12)27(23)40/h3-5,11,14,16,19,24,34,37,39,41-42H,6-10H2,1-2H3,(H,32,36)/t11-,14-,16-,19-,24+,29-/m0/s1. The molecule has 0 bridgehead atoms. The molecule has 1 fully saturated rings. The van der Waals surface area contributed by atoms with Crippen molar-refractivity contribution in [1.82, 2.24) is 5.32 Å². The smallest absolute Gasteiger partial charge is 0.226 e. The van der Waals surface area contributed by atoms with Crippen LogP contribution in [0.4, 0.5) is 0 Å². The molecule has 1 amide bonds. The number of Topliss-reactive ketones (excluding diaryl/α,β-unsaturated/α-hetero) is 1. The minimum absolute atomic E-state index is 0.0560. The molecule has 2 aromatic rings. The van der Waals surface area contributed by atoms with Gasteiger partial charge in [-0.1, -0.05) is 17.2 Å². The number of aliphatic hydroxyl groups excluding tert-OH is 2. The number of ether oxygens (including phenoxy) is 3. The maximum absolute atomic E-state index is 13.8. The molecule has 0 spiro atoms. The molecule has 3 aliphatic rings. The third-order valence-corrected chi connectivity index (χ3v) is 8.38. The van der Waals surface area contributed by atoms with Gasteiger partial charge < -0.3 is 45.1 Å². The zero-order chi connectivity index (χ0) is 32.8. The molecule has 0 radical (unpaired) electrons. The van der Waals surface area contributed by atoms with E-state index in [4.69, 9.17) is 19.7 Å². The van der Waals surface area contributed by atoms with Crippen LogP contribution in [0.5, 0.6) is 17.2 Å². The summed E-state index contributed by atoms with van der Waals surface area (Å²) in [7, 11) is 1.30. The third-order valence-electron chi connectivity index (χ3n) is 8.38. The van der Waals surface area contributed by atoms with Crippen LogP contribution >= 0.6 is 0 Å². The number of carbonyl (C=O) groups excluding carboxylic acids is 4. The number of hydrogen-bond acceptors (Lipinski definition) is 13. The van der Waals surface area contributed by atoms with Crippen LogP contribution in [0.3, 0.4) is 0 Å². The summed E-state index contributed by atoms with van der Waals surface area (Å²) in [4.78, 5) is 54.8. The summed E-state index contributed by atoms with van der Waals surface area (Å²) in [5.41, 5.74) is 4.39. The SMILES string of the molecule is COc1cccc2c1C(=O)c1c(O)c3c(c(O)c1C2=O)C[C@@](O)(C(=O)CO)C[C@@H]3O[C@H]1C[C@H](NC(=O)CN=[N+]=[N-])[C@H](O)[C@H](C)O1. The summed E-state index contributed by atoms with van der Waals surface area (Å²) >= 11 is 0.